The molecule has 1 unspecified atom stereocenters. The third-order valence-electron chi connectivity index (χ3n) is 5.96. The fourth-order valence-corrected chi connectivity index (χ4v) is 4.95. The molecule has 10 heteroatoms. The first-order valence-corrected chi connectivity index (χ1v) is 14.4. The number of hydrogen-bond donors (Lipinski definition) is 3. The van der Waals surface area contributed by atoms with Crippen molar-refractivity contribution in [2.75, 3.05) is 17.7 Å². The fraction of sp³-hybridized carbons (Fsp3) is 0.0938. The molecule has 0 heterocycles. The number of halogens is 2. The Balaban J connectivity index is 1.44. The quantitative estimate of drug-likeness (QED) is 0.126. The second-order valence-corrected chi connectivity index (χ2v) is 11.2. The highest BCUT2D eigenvalue weighted by molar-refractivity contribution is 8.00. The molecule has 4 rings (SSSR count). The SMILES string of the molecule is COc1ccc(NC(=O)C(C)Sc2ccc(NC(=O)/C(=C/c3cccc(Cl)c3Cl)NC(=O)c3ccccc3)cc2)cc1. The molecule has 1 atom stereocenters. The van der Waals surface area contributed by atoms with E-state index >= 15 is 0 Å². The summed E-state index contributed by atoms with van der Waals surface area (Å²) in [5, 5.41) is 8.56. The van der Waals surface area contributed by atoms with Crippen molar-refractivity contribution in [1.82, 2.24) is 5.32 Å². The molecule has 0 bridgehead atoms. The van der Waals surface area contributed by atoms with Crippen LogP contribution in [-0.4, -0.2) is 30.1 Å². The minimum atomic E-state index is -0.553. The van der Waals surface area contributed by atoms with Gasteiger partial charge in [-0.05, 0) is 85.3 Å². The van der Waals surface area contributed by atoms with Gasteiger partial charge in [-0.25, -0.2) is 0 Å². The van der Waals surface area contributed by atoms with Crippen molar-refractivity contribution in [3.8, 4) is 5.75 Å². The van der Waals surface area contributed by atoms with Gasteiger partial charge in [-0.2, -0.15) is 0 Å². The van der Waals surface area contributed by atoms with Gasteiger partial charge in [0.2, 0.25) is 5.91 Å². The number of rotatable bonds is 10. The van der Waals surface area contributed by atoms with Crippen molar-refractivity contribution >= 4 is 70.1 Å². The first-order chi connectivity index (χ1) is 20.2. The third kappa shape index (κ3) is 8.39. The smallest absolute Gasteiger partial charge is 0.272 e. The average Bonchev–Trinajstić information content (AvgIpc) is 3.00. The Morgan fingerprint density at radius 1 is 0.810 bits per heavy atom. The molecular formula is C32H27Cl2N3O4S. The number of thioether (sulfide) groups is 1. The summed E-state index contributed by atoms with van der Waals surface area (Å²) < 4.78 is 5.14. The first-order valence-electron chi connectivity index (χ1n) is 12.8. The number of carbonyl (C=O) groups excluding carboxylic acids is 3. The van der Waals surface area contributed by atoms with E-state index in [2.05, 4.69) is 16.0 Å². The summed E-state index contributed by atoms with van der Waals surface area (Å²) in [6, 6.07) is 27.7. The predicted octanol–water partition coefficient (Wildman–Crippen LogP) is 7.53. The van der Waals surface area contributed by atoms with E-state index in [4.69, 9.17) is 27.9 Å². The number of hydrogen-bond acceptors (Lipinski definition) is 5. The number of benzene rings is 4. The van der Waals surface area contributed by atoms with Gasteiger partial charge in [0.25, 0.3) is 11.8 Å². The minimum Gasteiger partial charge on any atom is -0.497 e. The van der Waals surface area contributed by atoms with Gasteiger partial charge in [0.05, 0.1) is 22.4 Å². The van der Waals surface area contributed by atoms with E-state index in [9.17, 15) is 14.4 Å². The highest BCUT2D eigenvalue weighted by Gasteiger charge is 2.18. The van der Waals surface area contributed by atoms with Crippen molar-refractivity contribution in [2.24, 2.45) is 0 Å². The molecule has 214 valence electrons. The Kier molecular flexibility index (Phi) is 10.7. The number of anilines is 2. The molecule has 3 amide bonds. The molecule has 0 aliphatic heterocycles. The van der Waals surface area contributed by atoms with E-state index in [1.54, 1.807) is 104 Å². The largest absolute Gasteiger partial charge is 0.497 e. The maximum absolute atomic E-state index is 13.3. The molecule has 0 aliphatic carbocycles. The lowest BCUT2D eigenvalue weighted by Gasteiger charge is -2.14. The Morgan fingerprint density at radius 2 is 1.45 bits per heavy atom. The molecule has 0 aliphatic rings. The molecule has 0 fully saturated rings. The predicted molar refractivity (Wildman–Crippen MR) is 170 cm³/mol. The summed E-state index contributed by atoms with van der Waals surface area (Å²) in [4.78, 5) is 39.7. The van der Waals surface area contributed by atoms with Crippen LogP contribution in [0.25, 0.3) is 6.08 Å². The molecule has 0 saturated carbocycles. The van der Waals surface area contributed by atoms with Crippen molar-refractivity contribution < 1.29 is 19.1 Å². The zero-order valence-corrected chi connectivity index (χ0v) is 25.0. The fourth-order valence-electron chi connectivity index (χ4n) is 3.72. The molecule has 4 aromatic rings. The Morgan fingerprint density at radius 3 is 2.12 bits per heavy atom. The number of amides is 3. The molecule has 42 heavy (non-hydrogen) atoms. The minimum absolute atomic E-state index is 0.0182. The maximum Gasteiger partial charge on any atom is 0.272 e. The van der Waals surface area contributed by atoms with Gasteiger partial charge in [-0.15, -0.1) is 11.8 Å². The van der Waals surface area contributed by atoms with Gasteiger partial charge in [0, 0.05) is 21.8 Å². The molecule has 3 N–H and O–H groups in total. The van der Waals surface area contributed by atoms with E-state index in [0.29, 0.717) is 33.3 Å². The Bertz CT molecular complexity index is 1590. The van der Waals surface area contributed by atoms with Crippen LogP contribution >= 0.6 is 35.0 Å². The molecule has 0 spiro atoms. The summed E-state index contributed by atoms with van der Waals surface area (Å²) in [6.45, 7) is 1.81. The van der Waals surface area contributed by atoms with Crippen LogP contribution < -0.4 is 20.7 Å². The van der Waals surface area contributed by atoms with Crippen LogP contribution in [-0.2, 0) is 9.59 Å². The molecule has 0 saturated heterocycles. The van der Waals surface area contributed by atoms with Crippen molar-refractivity contribution in [1.29, 1.82) is 0 Å². The van der Waals surface area contributed by atoms with Crippen LogP contribution in [0, 0.1) is 0 Å². The average molecular weight is 621 g/mol. The number of methoxy groups -OCH3 is 1. The van der Waals surface area contributed by atoms with Crippen LogP contribution in [0.2, 0.25) is 10.0 Å². The summed E-state index contributed by atoms with van der Waals surface area (Å²) >= 11 is 13.9. The molecule has 0 aromatic heterocycles. The summed E-state index contributed by atoms with van der Waals surface area (Å²) in [5.41, 5.74) is 2.01. The Labute approximate surface area is 258 Å². The maximum atomic E-state index is 13.3. The standard InChI is InChI=1S/C32H27Cl2N3O4S/c1-20(30(38)35-23-11-15-25(41-2)16-12-23)42-26-17-13-24(14-18-26)36-32(40)28(19-22-9-6-10-27(33)29(22)34)37-31(39)21-7-4-3-5-8-21/h3-20H,1-2H3,(H,35,38)(H,36,40)(H,37,39)/b28-19-. The van der Waals surface area contributed by atoms with E-state index in [-0.39, 0.29) is 21.9 Å². The van der Waals surface area contributed by atoms with Crippen LogP contribution in [0.15, 0.2) is 108 Å². The lowest BCUT2D eigenvalue weighted by molar-refractivity contribution is -0.115. The van der Waals surface area contributed by atoms with Gasteiger partial charge >= 0.3 is 0 Å². The molecule has 7 nitrogen and oxygen atoms in total. The van der Waals surface area contributed by atoms with Crippen molar-refractivity contribution in [3.63, 3.8) is 0 Å². The molecule has 0 radical (unpaired) electrons. The summed E-state index contributed by atoms with van der Waals surface area (Å²) in [7, 11) is 1.58. The van der Waals surface area contributed by atoms with Crippen molar-refractivity contribution in [3.05, 3.63) is 124 Å². The molecular weight excluding hydrogens is 593 g/mol. The van der Waals surface area contributed by atoms with Crippen LogP contribution in [0.1, 0.15) is 22.8 Å². The van der Waals surface area contributed by atoms with Crippen LogP contribution in [0.3, 0.4) is 0 Å². The van der Waals surface area contributed by atoms with Gasteiger partial charge in [0.1, 0.15) is 11.4 Å². The van der Waals surface area contributed by atoms with E-state index in [1.807, 2.05) is 6.92 Å². The van der Waals surface area contributed by atoms with E-state index in [1.165, 1.54) is 17.8 Å². The monoisotopic (exact) mass is 619 g/mol. The van der Waals surface area contributed by atoms with Crippen LogP contribution in [0.4, 0.5) is 11.4 Å². The topological polar surface area (TPSA) is 96.5 Å². The summed E-state index contributed by atoms with van der Waals surface area (Å²) in [6.07, 6.45) is 1.47. The zero-order valence-electron chi connectivity index (χ0n) is 22.7. The van der Waals surface area contributed by atoms with Crippen LogP contribution in [0.5, 0.6) is 5.75 Å². The van der Waals surface area contributed by atoms with Gasteiger partial charge in [-0.3, -0.25) is 14.4 Å². The zero-order chi connectivity index (χ0) is 30.1. The molecule has 4 aromatic carbocycles. The second kappa shape index (κ2) is 14.6. The van der Waals surface area contributed by atoms with Gasteiger partial charge in [-0.1, -0.05) is 53.5 Å². The second-order valence-electron chi connectivity index (χ2n) is 8.98. The number of nitrogens with one attached hydrogen (secondary N) is 3. The van der Waals surface area contributed by atoms with E-state index in [0.717, 1.165) is 4.90 Å². The number of ether oxygens (including phenoxy) is 1. The van der Waals surface area contributed by atoms with E-state index < -0.39 is 11.8 Å². The highest BCUT2D eigenvalue weighted by atomic mass is 35.5. The third-order valence-corrected chi connectivity index (χ3v) is 7.91. The highest BCUT2D eigenvalue weighted by Crippen LogP contribution is 2.28. The number of carbonyl (C=O) groups is 3. The van der Waals surface area contributed by atoms with Gasteiger partial charge < -0.3 is 20.7 Å². The lowest BCUT2D eigenvalue weighted by Crippen LogP contribution is -2.30. The lowest BCUT2D eigenvalue weighted by atomic mass is 10.1. The van der Waals surface area contributed by atoms with Crippen molar-refractivity contribution in [2.45, 2.75) is 17.1 Å². The first kappa shape index (κ1) is 30.7. The Hall–Kier alpha value is -4.24. The summed E-state index contributed by atoms with van der Waals surface area (Å²) in [5.74, 6) is -0.449. The normalized spacial score (nSPS) is 11.8. The van der Waals surface area contributed by atoms with Gasteiger partial charge in [0.15, 0.2) is 0 Å².